The molecule has 0 saturated heterocycles. The number of unbranched alkanes of at least 4 members (excludes halogenated alkanes) is 2. The SMILES string of the molecule is CCCCc1c2c(c(CCCC)c(C(=O)OC)c1C(=O)OC)CCCC2. The lowest BCUT2D eigenvalue weighted by Gasteiger charge is -2.27. The van der Waals surface area contributed by atoms with Crippen molar-refractivity contribution in [2.24, 2.45) is 0 Å². The highest BCUT2D eigenvalue weighted by Crippen LogP contribution is 2.36. The Balaban J connectivity index is 2.81. The zero-order chi connectivity index (χ0) is 19.1. The third kappa shape index (κ3) is 4.11. The minimum atomic E-state index is -0.414. The smallest absolute Gasteiger partial charge is 0.339 e. The summed E-state index contributed by atoms with van der Waals surface area (Å²) in [6.45, 7) is 4.28. The van der Waals surface area contributed by atoms with Crippen LogP contribution in [0.2, 0.25) is 0 Å². The molecule has 0 heterocycles. The molecule has 0 aliphatic heterocycles. The molecule has 0 fully saturated rings. The number of hydrogen-bond acceptors (Lipinski definition) is 4. The quantitative estimate of drug-likeness (QED) is 0.624. The number of hydrogen-bond donors (Lipinski definition) is 0. The molecule has 4 nitrogen and oxygen atoms in total. The first-order valence-electron chi connectivity index (χ1n) is 9.96. The summed E-state index contributed by atoms with van der Waals surface area (Å²) in [5, 5.41) is 0. The minimum Gasteiger partial charge on any atom is -0.465 e. The maximum atomic E-state index is 12.7. The first kappa shape index (κ1) is 20.5. The number of methoxy groups -OCH3 is 2. The van der Waals surface area contributed by atoms with E-state index in [-0.39, 0.29) is 0 Å². The predicted molar refractivity (Wildman–Crippen MR) is 103 cm³/mol. The highest BCUT2D eigenvalue weighted by atomic mass is 16.5. The molecular formula is C22H32O4. The second-order valence-corrected chi connectivity index (χ2v) is 7.06. The van der Waals surface area contributed by atoms with Gasteiger partial charge >= 0.3 is 11.9 Å². The maximum absolute atomic E-state index is 12.7. The lowest BCUT2D eigenvalue weighted by molar-refractivity contribution is 0.0552. The van der Waals surface area contributed by atoms with Gasteiger partial charge in [-0.05, 0) is 73.6 Å². The molecule has 26 heavy (non-hydrogen) atoms. The van der Waals surface area contributed by atoms with Crippen LogP contribution in [0.25, 0.3) is 0 Å². The zero-order valence-electron chi connectivity index (χ0n) is 16.7. The second kappa shape index (κ2) is 9.75. The van der Waals surface area contributed by atoms with Gasteiger partial charge in [0.25, 0.3) is 0 Å². The molecule has 1 aliphatic carbocycles. The Bertz CT molecular complexity index is 604. The van der Waals surface area contributed by atoms with E-state index in [1.165, 1.54) is 25.3 Å². The standard InChI is InChI=1S/C22H32O4/c1-5-7-11-17-15-13-9-10-14-16(15)18(12-8-6-2)20(22(24)26-4)19(17)21(23)25-3/h5-14H2,1-4H3. The van der Waals surface area contributed by atoms with Crippen molar-refractivity contribution in [3.63, 3.8) is 0 Å². The van der Waals surface area contributed by atoms with E-state index >= 15 is 0 Å². The molecule has 2 rings (SSSR count). The van der Waals surface area contributed by atoms with E-state index in [0.29, 0.717) is 11.1 Å². The van der Waals surface area contributed by atoms with Crippen LogP contribution in [0.4, 0.5) is 0 Å². The van der Waals surface area contributed by atoms with Crippen molar-refractivity contribution < 1.29 is 19.1 Å². The molecule has 0 radical (unpaired) electrons. The normalized spacial score (nSPS) is 13.2. The van der Waals surface area contributed by atoms with Gasteiger partial charge in [0.2, 0.25) is 0 Å². The average Bonchev–Trinajstić information content (AvgIpc) is 2.68. The Morgan fingerprint density at radius 1 is 0.769 bits per heavy atom. The van der Waals surface area contributed by atoms with Gasteiger partial charge in [0.05, 0.1) is 25.3 Å². The van der Waals surface area contributed by atoms with Gasteiger partial charge in [-0.2, -0.15) is 0 Å². The van der Waals surface area contributed by atoms with Gasteiger partial charge in [0, 0.05) is 0 Å². The Hall–Kier alpha value is -1.84. The van der Waals surface area contributed by atoms with E-state index in [9.17, 15) is 9.59 Å². The van der Waals surface area contributed by atoms with Gasteiger partial charge in [0.15, 0.2) is 0 Å². The number of rotatable bonds is 8. The fourth-order valence-corrected chi connectivity index (χ4v) is 4.09. The van der Waals surface area contributed by atoms with E-state index in [0.717, 1.165) is 75.3 Å². The molecule has 144 valence electrons. The van der Waals surface area contributed by atoms with Gasteiger partial charge in [-0.15, -0.1) is 0 Å². The summed E-state index contributed by atoms with van der Waals surface area (Å²) in [5.41, 5.74) is 5.55. The topological polar surface area (TPSA) is 52.6 Å². The van der Waals surface area contributed by atoms with E-state index in [2.05, 4.69) is 13.8 Å². The van der Waals surface area contributed by atoms with Gasteiger partial charge in [-0.3, -0.25) is 0 Å². The summed E-state index contributed by atoms with van der Waals surface area (Å²) in [6.07, 6.45) is 9.92. The van der Waals surface area contributed by atoms with Crippen LogP contribution in [0.3, 0.4) is 0 Å². The molecule has 1 aromatic carbocycles. The van der Waals surface area contributed by atoms with Gasteiger partial charge in [-0.1, -0.05) is 26.7 Å². The summed E-state index contributed by atoms with van der Waals surface area (Å²) >= 11 is 0. The van der Waals surface area contributed by atoms with Crippen LogP contribution < -0.4 is 0 Å². The highest BCUT2D eigenvalue weighted by molar-refractivity contribution is 6.06. The van der Waals surface area contributed by atoms with Crippen molar-refractivity contribution in [3.8, 4) is 0 Å². The zero-order valence-corrected chi connectivity index (χ0v) is 16.7. The predicted octanol–water partition coefficient (Wildman–Crippen LogP) is 4.82. The summed E-state index contributed by atoms with van der Waals surface area (Å²) in [4.78, 5) is 25.4. The largest absolute Gasteiger partial charge is 0.465 e. The molecule has 1 aliphatic rings. The van der Waals surface area contributed by atoms with Crippen molar-refractivity contribution in [2.45, 2.75) is 78.1 Å². The summed E-state index contributed by atoms with van der Waals surface area (Å²) < 4.78 is 10.2. The Kier molecular flexibility index (Phi) is 7.67. The van der Waals surface area contributed by atoms with Crippen molar-refractivity contribution in [1.82, 2.24) is 0 Å². The lowest BCUT2D eigenvalue weighted by atomic mass is 9.77. The first-order chi connectivity index (χ1) is 12.6. The van der Waals surface area contributed by atoms with Gasteiger partial charge in [-0.25, -0.2) is 9.59 Å². The van der Waals surface area contributed by atoms with Gasteiger partial charge < -0.3 is 9.47 Å². The molecule has 4 heteroatoms. The minimum absolute atomic E-state index is 0.414. The molecule has 0 aromatic heterocycles. The second-order valence-electron chi connectivity index (χ2n) is 7.06. The van der Waals surface area contributed by atoms with E-state index in [1.54, 1.807) is 0 Å². The number of carbonyl (C=O) groups is 2. The van der Waals surface area contributed by atoms with Crippen molar-refractivity contribution in [3.05, 3.63) is 33.4 Å². The fourth-order valence-electron chi connectivity index (χ4n) is 4.09. The maximum Gasteiger partial charge on any atom is 0.339 e. The Labute approximate surface area is 157 Å². The van der Waals surface area contributed by atoms with Crippen molar-refractivity contribution >= 4 is 11.9 Å². The summed E-state index contributed by atoms with van der Waals surface area (Å²) in [6, 6.07) is 0. The summed E-state index contributed by atoms with van der Waals surface area (Å²) in [7, 11) is 2.77. The van der Waals surface area contributed by atoms with Crippen LogP contribution >= 0.6 is 0 Å². The van der Waals surface area contributed by atoms with Crippen LogP contribution in [0.1, 0.15) is 95.3 Å². The molecule has 0 spiro atoms. The monoisotopic (exact) mass is 360 g/mol. The van der Waals surface area contributed by atoms with E-state index < -0.39 is 11.9 Å². The fraction of sp³-hybridized carbons (Fsp3) is 0.636. The van der Waals surface area contributed by atoms with Crippen LogP contribution in [0, 0.1) is 0 Å². The molecular weight excluding hydrogens is 328 g/mol. The van der Waals surface area contributed by atoms with E-state index in [4.69, 9.17) is 9.47 Å². The third-order valence-electron chi connectivity index (χ3n) is 5.39. The van der Waals surface area contributed by atoms with Crippen LogP contribution in [-0.2, 0) is 35.2 Å². The van der Waals surface area contributed by atoms with Crippen LogP contribution in [0.15, 0.2) is 0 Å². The number of ether oxygens (including phenoxy) is 2. The molecule has 0 amide bonds. The van der Waals surface area contributed by atoms with Crippen molar-refractivity contribution in [1.29, 1.82) is 0 Å². The molecule has 0 unspecified atom stereocenters. The van der Waals surface area contributed by atoms with Crippen LogP contribution in [0.5, 0.6) is 0 Å². The summed E-state index contributed by atoms with van der Waals surface area (Å²) in [5.74, 6) is -0.828. The molecule has 0 N–H and O–H groups in total. The molecule has 0 atom stereocenters. The first-order valence-corrected chi connectivity index (χ1v) is 9.96. The molecule has 0 saturated carbocycles. The number of fused-ring (bicyclic) bond motifs is 1. The van der Waals surface area contributed by atoms with Crippen molar-refractivity contribution in [2.75, 3.05) is 14.2 Å². The van der Waals surface area contributed by atoms with Gasteiger partial charge in [0.1, 0.15) is 0 Å². The Morgan fingerprint density at radius 3 is 1.46 bits per heavy atom. The number of esters is 2. The number of benzene rings is 1. The highest BCUT2D eigenvalue weighted by Gasteiger charge is 2.31. The molecule has 0 bridgehead atoms. The van der Waals surface area contributed by atoms with E-state index in [1.807, 2.05) is 0 Å². The average molecular weight is 360 g/mol. The Morgan fingerprint density at radius 2 is 1.15 bits per heavy atom. The number of carbonyl (C=O) groups excluding carboxylic acids is 2. The third-order valence-corrected chi connectivity index (χ3v) is 5.39. The lowest BCUT2D eigenvalue weighted by Crippen LogP contribution is -2.23. The molecule has 1 aromatic rings. The van der Waals surface area contributed by atoms with Crippen LogP contribution in [-0.4, -0.2) is 26.2 Å².